The zero-order valence-corrected chi connectivity index (χ0v) is 9.75. The van der Waals surface area contributed by atoms with E-state index in [1.807, 2.05) is 6.26 Å². The summed E-state index contributed by atoms with van der Waals surface area (Å²) >= 11 is 7.38. The molecule has 0 heterocycles. The van der Waals surface area contributed by atoms with Crippen LogP contribution in [0.5, 0.6) is 0 Å². The molecular formula is C10H13ClFNS. The van der Waals surface area contributed by atoms with Crippen molar-refractivity contribution in [2.24, 2.45) is 5.73 Å². The molecule has 0 fully saturated rings. The summed E-state index contributed by atoms with van der Waals surface area (Å²) < 4.78 is 13.7. The van der Waals surface area contributed by atoms with E-state index >= 15 is 0 Å². The van der Waals surface area contributed by atoms with Crippen molar-refractivity contribution in [3.63, 3.8) is 0 Å². The van der Waals surface area contributed by atoms with Crippen molar-refractivity contribution in [1.82, 2.24) is 0 Å². The van der Waals surface area contributed by atoms with Crippen LogP contribution in [0.4, 0.5) is 4.39 Å². The van der Waals surface area contributed by atoms with Gasteiger partial charge < -0.3 is 5.73 Å². The van der Waals surface area contributed by atoms with Gasteiger partial charge in [0.25, 0.3) is 0 Å². The van der Waals surface area contributed by atoms with Gasteiger partial charge in [-0.3, -0.25) is 0 Å². The summed E-state index contributed by atoms with van der Waals surface area (Å²) in [6, 6.07) is 3.09. The second-order valence-corrected chi connectivity index (χ2v) is 4.46. The quantitative estimate of drug-likeness (QED) is 0.868. The van der Waals surface area contributed by atoms with Gasteiger partial charge in [-0.15, -0.1) is 0 Å². The molecule has 1 aromatic rings. The fourth-order valence-corrected chi connectivity index (χ4v) is 1.92. The highest BCUT2D eigenvalue weighted by Gasteiger charge is 2.14. The third kappa shape index (κ3) is 2.41. The minimum absolute atomic E-state index is 0.263. The Balaban J connectivity index is 3.04. The average Bonchev–Trinajstić information content (AvgIpc) is 2.15. The smallest absolute Gasteiger partial charge is 0.132 e. The summed E-state index contributed by atoms with van der Waals surface area (Å²) in [5.74, 6) is 0.428. The Morgan fingerprint density at radius 3 is 2.79 bits per heavy atom. The molecule has 2 N–H and O–H groups in total. The number of halogens is 2. The molecule has 0 amide bonds. The first-order valence-electron chi connectivity index (χ1n) is 4.27. The lowest BCUT2D eigenvalue weighted by atomic mass is 10.1. The molecule has 0 bridgehead atoms. The maximum absolute atomic E-state index is 13.7. The number of nitrogens with two attached hydrogens (primary N) is 1. The highest BCUT2D eigenvalue weighted by molar-refractivity contribution is 7.98. The molecule has 0 saturated carbocycles. The Hall–Kier alpha value is -0.250. The van der Waals surface area contributed by atoms with Gasteiger partial charge >= 0.3 is 0 Å². The average molecular weight is 234 g/mol. The van der Waals surface area contributed by atoms with E-state index in [0.29, 0.717) is 21.9 Å². The molecule has 1 rings (SSSR count). The predicted molar refractivity (Wildman–Crippen MR) is 61.5 cm³/mol. The largest absolute Gasteiger partial charge is 0.323 e. The molecule has 1 unspecified atom stereocenters. The van der Waals surface area contributed by atoms with Crippen LogP contribution in [-0.2, 0) is 0 Å². The topological polar surface area (TPSA) is 26.0 Å². The fourth-order valence-electron chi connectivity index (χ4n) is 1.24. The van der Waals surface area contributed by atoms with Crippen LogP contribution in [0, 0.1) is 12.7 Å². The summed E-state index contributed by atoms with van der Waals surface area (Å²) in [6.07, 6.45) is 1.94. The van der Waals surface area contributed by atoms with Gasteiger partial charge in [0.2, 0.25) is 0 Å². The van der Waals surface area contributed by atoms with Crippen LogP contribution in [0.25, 0.3) is 0 Å². The van der Waals surface area contributed by atoms with E-state index in [9.17, 15) is 4.39 Å². The molecular weight excluding hydrogens is 221 g/mol. The SMILES string of the molecule is CSCC(N)c1ccc(Cl)c(C)c1F. The second kappa shape index (κ2) is 5.01. The van der Waals surface area contributed by atoms with Gasteiger partial charge in [-0.25, -0.2) is 4.39 Å². The van der Waals surface area contributed by atoms with Crippen molar-refractivity contribution >= 4 is 23.4 Å². The van der Waals surface area contributed by atoms with Gasteiger partial charge in [0.1, 0.15) is 5.82 Å². The number of rotatable bonds is 3. The van der Waals surface area contributed by atoms with E-state index in [1.165, 1.54) is 0 Å². The summed E-state index contributed by atoms with van der Waals surface area (Å²) in [7, 11) is 0. The first kappa shape index (κ1) is 11.8. The Labute approximate surface area is 92.8 Å². The zero-order valence-electron chi connectivity index (χ0n) is 8.18. The van der Waals surface area contributed by atoms with Gasteiger partial charge in [0.15, 0.2) is 0 Å². The monoisotopic (exact) mass is 233 g/mol. The van der Waals surface area contributed by atoms with Crippen LogP contribution in [0.15, 0.2) is 12.1 Å². The number of benzene rings is 1. The molecule has 0 aliphatic carbocycles. The van der Waals surface area contributed by atoms with E-state index in [1.54, 1.807) is 30.8 Å². The van der Waals surface area contributed by atoms with Crippen LogP contribution in [-0.4, -0.2) is 12.0 Å². The number of hydrogen-bond donors (Lipinski definition) is 1. The van der Waals surface area contributed by atoms with Crippen molar-refractivity contribution in [3.05, 3.63) is 34.1 Å². The molecule has 0 aliphatic heterocycles. The molecule has 1 aromatic carbocycles. The molecule has 0 radical (unpaired) electrons. The second-order valence-electron chi connectivity index (χ2n) is 3.14. The van der Waals surface area contributed by atoms with Crippen LogP contribution >= 0.6 is 23.4 Å². The standard InChI is InChI=1S/C10H13ClFNS/c1-6-8(11)4-3-7(10(6)12)9(13)5-14-2/h3-4,9H,5,13H2,1-2H3. The van der Waals surface area contributed by atoms with Gasteiger partial charge in [-0.1, -0.05) is 17.7 Å². The molecule has 78 valence electrons. The highest BCUT2D eigenvalue weighted by Crippen LogP contribution is 2.25. The van der Waals surface area contributed by atoms with E-state index in [2.05, 4.69) is 0 Å². The summed E-state index contributed by atoms with van der Waals surface area (Å²) in [6.45, 7) is 1.66. The van der Waals surface area contributed by atoms with Crippen molar-refractivity contribution in [3.8, 4) is 0 Å². The van der Waals surface area contributed by atoms with Gasteiger partial charge in [0, 0.05) is 27.9 Å². The van der Waals surface area contributed by atoms with Crippen molar-refractivity contribution < 1.29 is 4.39 Å². The zero-order chi connectivity index (χ0) is 10.7. The van der Waals surface area contributed by atoms with Crippen molar-refractivity contribution in [1.29, 1.82) is 0 Å². The minimum atomic E-state index is -0.279. The van der Waals surface area contributed by atoms with Crippen LogP contribution in [0.3, 0.4) is 0 Å². The molecule has 4 heteroatoms. The normalized spacial score (nSPS) is 12.9. The maximum Gasteiger partial charge on any atom is 0.132 e. The van der Waals surface area contributed by atoms with Gasteiger partial charge in [-0.05, 0) is 19.2 Å². The first-order chi connectivity index (χ1) is 6.57. The predicted octanol–water partition coefficient (Wildman–Crippen LogP) is 3.15. The molecule has 0 aliphatic rings. The third-order valence-corrected chi connectivity index (χ3v) is 3.20. The van der Waals surface area contributed by atoms with E-state index in [0.717, 1.165) is 0 Å². The van der Waals surface area contributed by atoms with E-state index < -0.39 is 0 Å². The Bertz CT molecular complexity index is 330. The maximum atomic E-state index is 13.7. The van der Waals surface area contributed by atoms with E-state index in [-0.39, 0.29) is 11.9 Å². The summed E-state index contributed by atoms with van der Waals surface area (Å²) in [4.78, 5) is 0. The van der Waals surface area contributed by atoms with Gasteiger partial charge in [-0.2, -0.15) is 11.8 Å². The summed E-state index contributed by atoms with van der Waals surface area (Å²) in [5.41, 5.74) is 6.84. The lowest BCUT2D eigenvalue weighted by Crippen LogP contribution is -2.15. The van der Waals surface area contributed by atoms with Crippen LogP contribution < -0.4 is 5.73 Å². The van der Waals surface area contributed by atoms with Crippen molar-refractivity contribution in [2.45, 2.75) is 13.0 Å². The molecule has 1 nitrogen and oxygen atoms in total. The van der Waals surface area contributed by atoms with Crippen LogP contribution in [0.1, 0.15) is 17.2 Å². The number of thioether (sulfide) groups is 1. The Morgan fingerprint density at radius 2 is 2.21 bits per heavy atom. The summed E-state index contributed by atoms with van der Waals surface area (Å²) in [5, 5.41) is 0.447. The van der Waals surface area contributed by atoms with Gasteiger partial charge in [0.05, 0.1) is 0 Å². The third-order valence-electron chi connectivity index (χ3n) is 2.10. The molecule has 14 heavy (non-hydrogen) atoms. The number of hydrogen-bond acceptors (Lipinski definition) is 2. The molecule has 0 aromatic heterocycles. The fraction of sp³-hybridized carbons (Fsp3) is 0.400. The lowest BCUT2D eigenvalue weighted by Gasteiger charge is -2.13. The molecule has 1 atom stereocenters. The molecule has 0 saturated heterocycles. The van der Waals surface area contributed by atoms with Crippen molar-refractivity contribution in [2.75, 3.05) is 12.0 Å². The first-order valence-corrected chi connectivity index (χ1v) is 6.04. The lowest BCUT2D eigenvalue weighted by molar-refractivity contribution is 0.587. The van der Waals surface area contributed by atoms with Crippen LogP contribution in [0.2, 0.25) is 5.02 Å². The minimum Gasteiger partial charge on any atom is -0.323 e. The van der Waals surface area contributed by atoms with E-state index in [4.69, 9.17) is 17.3 Å². The highest BCUT2D eigenvalue weighted by atomic mass is 35.5. The Morgan fingerprint density at radius 1 is 1.57 bits per heavy atom. The molecule has 0 spiro atoms. The Kier molecular flexibility index (Phi) is 4.23.